The van der Waals surface area contributed by atoms with Crippen molar-refractivity contribution in [2.24, 2.45) is 0 Å². The zero-order valence-electron chi connectivity index (χ0n) is 18.6. The fourth-order valence-electron chi connectivity index (χ4n) is 4.21. The lowest BCUT2D eigenvalue weighted by Crippen LogP contribution is -2.45. The summed E-state index contributed by atoms with van der Waals surface area (Å²) in [6.07, 6.45) is 1.61. The van der Waals surface area contributed by atoms with Gasteiger partial charge in [0.25, 0.3) is 0 Å². The fraction of sp³-hybridized carbons (Fsp3) is 0.417. The molecule has 1 atom stereocenters. The Morgan fingerprint density at radius 2 is 1.91 bits per heavy atom. The minimum absolute atomic E-state index is 0.0652. The maximum atomic E-state index is 13.0. The van der Waals surface area contributed by atoms with Gasteiger partial charge in [0, 0.05) is 37.0 Å². The van der Waals surface area contributed by atoms with Crippen molar-refractivity contribution < 1.29 is 18.0 Å². The van der Waals surface area contributed by atoms with Crippen LogP contribution in [0.4, 0.5) is 5.69 Å². The Kier molecular flexibility index (Phi) is 7.41. The maximum absolute atomic E-state index is 13.0. The minimum atomic E-state index is -3.70. The van der Waals surface area contributed by atoms with Crippen molar-refractivity contribution in [2.75, 3.05) is 24.2 Å². The third-order valence-electron chi connectivity index (χ3n) is 6.12. The number of carbonyl (C=O) groups excluding carboxylic acids is 2. The average Bonchev–Trinajstić information content (AvgIpc) is 2.80. The monoisotopic (exact) mass is 487 g/mol. The fourth-order valence-corrected chi connectivity index (χ4v) is 6.37. The second kappa shape index (κ2) is 10.3. The number of likely N-dealkylation sites (tertiary alicyclic amines) is 1. The second-order valence-electron chi connectivity index (χ2n) is 8.66. The Morgan fingerprint density at radius 1 is 1.18 bits per heavy atom. The van der Waals surface area contributed by atoms with Crippen molar-refractivity contribution in [1.29, 1.82) is 0 Å². The van der Waals surface area contributed by atoms with E-state index in [4.69, 9.17) is 0 Å². The van der Waals surface area contributed by atoms with Gasteiger partial charge in [-0.15, -0.1) is 11.8 Å². The summed E-state index contributed by atoms with van der Waals surface area (Å²) in [5.74, 6) is -0.0698. The molecule has 0 spiro atoms. The molecular weight excluding hydrogens is 458 g/mol. The van der Waals surface area contributed by atoms with Gasteiger partial charge in [-0.3, -0.25) is 14.5 Å². The van der Waals surface area contributed by atoms with Crippen molar-refractivity contribution in [1.82, 2.24) is 10.2 Å². The predicted molar refractivity (Wildman–Crippen MR) is 130 cm³/mol. The summed E-state index contributed by atoms with van der Waals surface area (Å²) in [7, 11) is -3.70. The summed E-state index contributed by atoms with van der Waals surface area (Å²) in [6.45, 7) is 4.25. The van der Waals surface area contributed by atoms with Gasteiger partial charge in [0.05, 0.1) is 21.6 Å². The number of anilines is 1. The zero-order valence-corrected chi connectivity index (χ0v) is 20.3. The minimum Gasteiger partial charge on any atom is -0.353 e. The predicted octanol–water partition coefficient (Wildman–Crippen LogP) is 3.06. The van der Waals surface area contributed by atoms with E-state index in [0.29, 0.717) is 11.4 Å². The van der Waals surface area contributed by atoms with Gasteiger partial charge in [0.15, 0.2) is 9.84 Å². The molecule has 0 aromatic heterocycles. The van der Waals surface area contributed by atoms with Crippen LogP contribution in [0.15, 0.2) is 58.3 Å². The molecule has 33 heavy (non-hydrogen) atoms. The van der Waals surface area contributed by atoms with E-state index in [2.05, 4.69) is 27.7 Å². The highest BCUT2D eigenvalue weighted by Crippen LogP contribution is 2.34. The molecule has 2 amide bonds. The zero-order chi connectivity index (χ0) is 23.4. The van der Waals surface area contributed by atoms with Crippen LogP contribution in [0.3, 0.4) is 0 Å². The molecule has 1 fully saturated rings. The van der Waals surface area contributed by atoms with E-state index < -0.39 is 15.1 Å². The Balaban J connectivity index is 1.29. The highest BCUT2D eigenvalue weighted by atomic mass is 32.2. The summed E-state index contributed by atoms with van der Waals surface area (Å²) >= 11 is 1.38. The first-order valence-electron chi connectivity index (χ1n) is 11.2. The van der Waals surface area contributed by atoms with Crippen molar-refractivity contribution in [2.45, 2.75) is 53.8 Å². The molecule has 2 aliphatic rings. The maximum Gasteiger partial charge on any atom is 0.234 e. The molecule has 7 nitrogen and oxygen atoms in total. The van der Waals surface area contributed by atoms with E-state index in [-0.39, 0.29) is 29.2 Å². The lowest BCUT2D eigenvalue weighted by Gasteiger charge is -2.32. The van der Waals surface area contributed by atoms with Crippen molar-refractivity contribution in [3.05, 3.63) is 54.1 Å². The lowest BCUT2D eigenvalue weighted by atomic mass is 10.0. The Labute approximate surface area is 199 Å². The first-order chi connectivity index (χ1) is 15.8. The van der Waals surface area contributed by atoms with Gasteiger partial charge in [0.1, 0.15) is 0 Å². The molecule has 2 aliphatic heterocycles. The molecule has 4 rings (SSSR count). The van der Waals surface area contributed by atoms with Gasteiger partial charge in [-0.2, -0.15) is 0 Å². The van der Waals surface area contributed by atoms with Crippen LogP contribution in [-0.4, -0.2) is 55.3 Å². The summed E-state index contributed by atoms with van der Waals surface area (Å²) < 4.78 is 26.1. The van der Waals surface area contributed by atoms with Crippen LogP contribution >= 0.6 is 11.8 Å². The molecule has 176 valence electrons. The molecular formula is C24H29N3O4S2. The Hall–Kier alpha value is -2.36. The summed E-state index contributed by atoms with van der Waals surface area (Å²) in [4.78, 5) is 27.6. The van der Waals surface area contributed by atoms with Crippen molar-refractivity contribution in [3.8, 4) is 0 Å². The van der Waals surface area contributed by atoms with Crippen molar-refractivity contribution >= 4 is 39.1 Å². The molecule has 2 aromatic carbocycles. The molecule has 0 aliphatic carbocycles. The topological polar surface area (TPSA) is 95.6 Å². The van der Waals surface area contributed by atoms with Crippen LogP contribution in [0.5, 0.6) is 0 Å². The largest absolute Gasteiger partial charge is 0.353 e. The number of sulfone groups is 1. The highest BCUT2D eigenvalue weighted by Gasteiger charge is 2.29. The summed E-state index contributed by atoms with van der Waals surface area (Å²) in [6, 6.07) is 15.1. The number of nitrogens with zero attached hydrogens (tertiary/aromatic N) is 1. The number of rotatable bonds is 7. The van der Waals surface area contributed by atoms with E-state index >= 15 is 0 Å². The lowest BCUT2D eigenvalue weighted by molar-refractivity contribution is -0.122. The van der Waals surface area contributed by atoms with Gasteiger partial charge in [0.2, 0.25) is 11.8 Å². The Bertz CT molecular complexity index is 1110. The molecule has 1 saturated heterocycles. The van der Waals surface area contributed by atoms with E-state index in [9.17, 15) is 18.0 Å². The third-order valence-corrected chi connectivity index (χ3v) is 9.33. The number of amides is 2. The van der Waals surface area contributed by atoms with Crippen LogP contribution in [0.25, 0.3) is 0 Å². The quantitative estimate of drug-likeness (QED) is 0.623. The third kappa shape index (κ3) is 5.96. The van der Waals surface area contributed by atoms with Crippen molar-refractivity contribution in [3.63, 3.8) is 0 Å². The molecule has 2 aromatic rings. The number of piperidine rings is 1. The molecule has 9 heteroatoms. The smallest absolute Gasteiger partial charge is 0.234 e. The SMILES string of the molecule is CC(CC(=O)NC1CCN(Cc2ccccc2)CC1)S(=O)(=O)c1ccc2c(c1)NC(=O)CS2. The molecule has 1 unspecified atom stereocenters. The van der Waals surface area contributed by atoms with E-state index in [0.717, 1.165) is 37.4 Å². The van der Waals surface area contributed by atoms with Crippen LogP contribution in [0.2, 0.25) is 0 Å². The highest BCUT2D eigenvalue weighted by molar-refractivity contribution is 8.00. The first kappa shape index (κ1) is 23.8. The number of carbonyl (C=O) groups is 2. The number of hydrogen-bond donors (Lipinski definition) is 2. The first-order valence-corrected chi connectivity index (χ1v) is 13.7. The Morgan fingerprint density at radius 3 is 2.64 bits per heavy atom. The summed E-state index contributed by atoms with van der Waals surface area (Å²) in [5, 5.41) is 4.88. The number of hydrogen-bond acceptors (Lipinski definition) is 6. The normalized spacial score (nSPS) is 18.3. The summed E-state index contributed by atoms with van der Waals surface area (Å²) in [5.41, 5.74) is 1.79. The standard InChI is InChI=1S/C24H29N3O4S2/c1-17(33(30,31)20-7-8-22-21(14-20)26-24(29)16-32-22)13-23(28)25-19-9-11-27(12-10-19)15-18-5-3-2-4-6-18/h2-8,14,17,19H,9-13,15-16H2,1H3,(H,25,28)(H,26,29). The van der Waals surface area contributed by atoms with Crippen LogP contribution < -0.4 is 10.6 Å². The number of thioether (sulfide) groups is 1. The number of fused-ring (bicyclic) bond motifs is 1. The number of benzene rings is 2. The van der Waals surface area contributed by atoms with E-state index in [1.54, 1.807) is 19.1 Å². The van der Waals surface area contributed by atoms with Gasteiger partial charge in [-0.1, -0.05) is 30.3 Å². The van der Waals surface area contributed by atoms with Gasteiger partial charge >= 0.3 is 0 Å². The van der Waals surface area contributed by atoms with Gasteiger partial charge in [-0.05, 0) is 43.5 Å². The molecule has 2 heterocycles. The molecule has 0 radical (unpaired) electrons. The average molecular weight is 488 g/mol. The second-order valence-corrected chi connectivity index (χ2v) is 12.0. The van der Waals surface area contributed by atoms with Crippen LogP contribution in [-0.2, 0) is 26.0 Å². The molecule has 0 bridgehead atoms. The van der Waals surface area contributed by atoms with E-state index in [1.165, 1.54) is 23.4 Å². The van der Waals surface area contributed by atoms with Crippen LogP contribution in [0, 0.1) is 0 Å². The van der Waals surface area contributed by atoms with Gasteiger partial charge in [-0.25, -0.2) is 8.42 Å². The number of nitrogens with one attached hydrogen (secondary N) is 2. The van der Waals surface area contributed by atoms with Crippen LogP contribution in [0.1, 0.15) is 31.7 Å². The molecule has 2 N–H and O–H groups in total. The van der Waals surface area contributed by atoms with Gasteiger partial charge < -0.3 is 10.6 Å². The van der Waals surface area contributed by atoms with E-state index in [1.807, 2.05) is 18.2 Å². The molecule has 0 saturated carbocycles.